The predicted molar refractivity (Wildman–Crippen MR) is 73.0 cm³/mol. The largest absolute Gasteiger partial charge is 0.207 e. The lowest BCUT2D eigenvalue weighted by molar-refractivity contribution is 0.501. The lowest BCUT2D eigenvalue weighted by atomic mass is 9.83. The molecule has 1 aliphatic rings. The Morgan fingerprint density at radius 1 is 0.895 bits per heavy atom. The fourth-order valence-electron chi connectivity index (χ4n) is 2.84. The molecule has 0 saturated carbocycles. The molecule has 2 heteroatoms. The normalized spacial score (nSPS) is 18.2. The first-order chi connectivity index (χ1) is 9.11. The molecule has 0 N–H and O–H groups in total. The van der Waals surface area contributed by atoms with Crippen molar-refractivity contribution in [2.45, 2.75) is 26.2 Å². The van der Waals surface area contributed by atoms with Crippen molar-refractivity contribution in [1.29, 1.82) is 0 Å². The molecule has 0 heterocycles. The van der Waals surface area contributed by atoms with Crippen molar-refractivity contribution >= 4 is 0 Å². The van der Waals surface area contributed by atoms with E-state index < -0.39 is 11.6 Å². The number of hydrogen-bond donors (Lipinski definition) is 0. The molecule has 0 radical (unpaired) electrons. The summed E-state index contributed by atoms with van der Waals surface area (Å²) in [6.07, 6.45) is 3.35. The molecule has 0 aromatic heterocycles. The average molecular weight is 258 g/mol. The van der Waals surface area contributed by atoms with Crippen LogP contribution < -0.4 is 0 Å². The first-order valence-corrected chi connectivity index (χ1v) is 6.70. The molecule has 0 fully saturated rings. The summed E-state index contributed by atoms with van der Waals surface area (Å²) in [5.74, 6) is -0.326. The van der Waals surface area contributed by atoms with Crippen molar-refractivity contribution in [2.75, 3.05) is 0 Å². The van der Waals surface area contributed by atoms with Crippen molar-refractivity contribution in [3.05, 3.63) is 59.2 Å². The molecule has 0 saturated heterocycles. The van der Waals surface area contributed by atoms with E-state index in [1.807, 2.05) is 6.07 Å². The van der Waals surface area contributed by atoms with Gasteiger partial charge in [-0.1, -0.05) is 25.1 Å². The Hall–Kier alpha value is -1.70. The van der Waals surface area contributed by atoms with Crippen LogP contribution in [0.15, 0.2) is 36.4 Å². The molecule has 2 aromatic rings. The molecular weight excluding hydrogens is 242 g/mol. The van der Waals surface area contributed by atoms with E-state index in [1.165, 1.54) is 29.7 Å². The van der Waals surface area contributed by atoms with Crippen molar-refractivity contribution in [3.8, 4) is 11.1 Å². The molecule has 1 unspecified atom stereocenters. The SMILES string of the molecule is CC1CCc2cc(-c3cc(F)cc(F)c3)ccc2C1. The molecular formula is C17H16F2. The van der Waals surface area contributed by atoms with Gasteiger partial charge in [0, 0.05) is 6.07 Å². The van der Waals surface area contributed by atoms with E-state index in [4.69, 9.17) is 0 Å². The quantitative estimate of drug-likeness (QED) is 0.692. The summed E-state index contributed by atoms with van der Waals surface area (Å²) in [6, 6.07) is 9.82. The molecule has 1 atom stereocenters. The number of rotatable bonds is 1. The lowest BCUT2D eigenvalue weighted by Crippen LogP contribution is -2.11. The van der Waals surface area contributed by atoms with Gasteiger partial charge < -0.3 is 0 Å². The molecule has 3 rings (SSSR count). The summed E-state index contributed by atoms with van der Waals surface area (Å²) in [7, 11) is 0. The van der Waals surface area contributed by atoms with E-state index in [0.717, 1.165) is 30.4 Å². The Kier molecular flexibility index (Phi) is 3.09. The summed E-state index contributed by atoms with van der Waals surface area (Å²) in [5, 5.41) is 0. The van der Waals surface area contributed by atoms with Crippen LogP contribution in [0, 0.1) is 17.6 Å². The van der Waals surface area contributed by atoms with Gasteiger partial charge in [-0.15, -0.1) is 0 Å². The Morgan fingerprint density at radius 3 is 2.37 bits per heavy atom. The summed E-state index contributed by atoms with van der Waals surface area (Å²) in [4.78, 5) is 0. The van der Waals surface area contributed by atoms with Crippen molar-refractivity contribution < 1.29 is 8.78 Å². The second-order valence-corrected chi connectivity index (χ2v) is 5.49. The first kappa shape index (κ1) is 12.3. The third kappa shape index (κ3) is 2.53. The third-order valence-corrected chi connectivity index (χ3v) is 3.88. The highest BCUT2D eigenvalue weighted by Crippen LogP contribution is 2.30. The molecule has 0 aliphatic heterocycles. The van der Waals surface area contributed by atoms with E-state index in [0.29, 0.717) is 5.56 Å². The van der Waals surface area contributed by atoms with E-state index in [-0.39, 0.29) is 0 Å². The Balaban J connectivity index is 2.02. The van der Waals surface area contributed by atoms with Crippen LogP contribution in [0.25, 0.3) is 11.1 Å². The summed E-state index contributed by atoms with van der Waals surface area (Å²) >= 11 is 0. The van der Waals surface area contributed by atoms with Gasteiger partial charge in [0.1, 0.15) is 11.6 Å². The van der Waals surface area contributed by atoms with Gasteiger partial charge in [-0.25, -0.2) is 8.78 Å². The van der Waals surface area contributed by atoms with Gasteiger partial charge >= 0.3 is 0 Å². The lowest BCUT2D eigenvalue weighted by Gasteiger charge is -2.22. The Bertz CT molecular complexity index is 596. The van der Waals surface area contributed by atoms with E-state index in [1.54, 1.807) is 0 Å². The second kappa shape index (κ2) is 4.76. The molecule has 0 amide bonds. The number of benzene rings is 2. The minimum Gasteiger partial charge on any atom is -0.207 e. The van der Waals surface area contributed by atoms with Crippen LogP contribution in [0.4, 0.5) is 8.78 Å². The van der Waals surface area contributed by atoms with Gasteiger partial charge in [-0.3, -0.25) is 0 Å². The van der Waals surface area contributed by atoms with Crippen LogP contribution in [0.2, 0.25) is 0 Å². The minimum atomic E-state index is -0.527. The highest BCUT2D eigenvalue weighted by Gasteiger charge is 2.15. The van der Waals surface area contributed by atoms with Crippen LogP contribution in [0.3, 0.4) is 0 Å². The highest BCUT2D eigenvalue weighted by molar-refractivity contribution is 5.65. The van der Waals surface area contributed by atoms with E-state index in [2.05, 4.69) is 19.1 Å². The van der Waals surface area contributed by atoms with Crippen LogP contribution in [-0.4, -0.2) is 0 Å². The van der Waals surface area contributed by atoms with Crippen LogP contribution in [0.5, 0.6) is 0 Å². The van der Waals surface area contributed by atoms with Crippen LogP contribution >= 0.6 is 0 Å². The molecule has 1 aliphatic carbocycles. The summed E-state index contributed by atoms with van der Waals surface area (Å²) in [5.41, 5.74) is 4.20. The molecule has 0 bridgehead atoms. The fraction of sp³-hybridized carbons (Fsp3) is 0.294. The maximum absolute atomic E-state index is 13.3. The smallest absolute Gasteiger partial charge is 0.126 e. The third-order valence-electron chi connectivity index (χ3n) is 3.88. The number of halogens is 2. The Labute approximate surface area is 112 Å². The molecule has 98 valence electrons. The topological polar surface area (TPSA) is 0 Å². The Morgan fingerprint density at radius 2 is 1.63 bits per heavy atom. The zero-order valence-corrected chi connectivity index (χ0v) is 10.9. The zero-order valence-electron chi connectivity index (χ0n) is 10.9. The van der Waals surface area contributed by atoms with Gasteiger partial charge in [0.15, 0.2) is 0 Å². The van der Waals surface area contributed by atoms with Crippen molar-refractivity contribution in [1.82, 2.24) is 0 Å². The van der Waals surface area contributed by atoms with Crippen molar-refractivity contribution in [2.24, 2.45) is 5.92 Å². The second-order valence-electron chi connectivity index (χ2n) is 5.49. The minimum absolute atomic E-state index is 0.527. The molecule has 2 aromatic carbocycles. The summed E-state index contributed by atoms with van der Waals surface area (Å²) < 4.78 is 26.5. The number of hydrogen-bond acceptors (Lipinski definition) is 0. The summed E-state index contributed by atoms with van der Waals surface area (Å²) in [6.45, 7) is 2.26. The molecule has 0 nitrogen and oxygen atoms in total. The van der Waals surface area contributed by atoms with Crippen LogP contribution in [-0.2, 0) is 12.8 Å². The molecule has 19 heavy (non-hydrogen) atoms. The highest BCUT2D eigenvalue weighted by atomic mass is 19.1. The van der Waals surface area contributed by atoms with Gasteiger partial charge in [-0.05, 0) is 59.6 Å². The van der Waals surface area contributed by atoms with Gasteiger partial charge in [-0.2, -0.15) is 0 Å². The predicted octanol–water partition coefficient (Wildman–Crippen LogP) is 4.76. The van der Waals surface area contributed by atoms with Crippen LogP contribution in [0.1, 0.15) is 24.5 Å². The van der Waals surface area contributed by atoms with Gasteiger partial charge in [0.05, 0.1) is 0 Å². The maximum atomic E-state index is 13.3. The maximum Gasteiger partial charge on any atom is 0.126 e. The fourth-order valence-corrected chi connectivity index (χ4v) is 2.84. The number of fused-ring (bicyclic) bond motifs is 1. The first-order valence-electron chi connectivity index (χ1n) is 6.70. The van der Waals surface area contributed by atoms with Gasteiger partial charge in [0.25, 0.3) is 0 Å². The monoisotopic (exact) mass is 258 g/mol. The molecule has 0 spiro atoms. The van der Waals surface area contributed by atoms with E-state index in [9.17, 15) is 8.78 Å². The zero-order chi connectivity index (χ0) is 13.4. The number of aryl methyl sites for hydroxylation is 1. The van der Waals surface area contributed by atoms with Crippen molar-refractivity contribution in [3.63, 3.8) is 0 Å². The average Bonchev–Trinajstić information content (AvgIpc) is 2.37. The standard InChI is InChI=1S/C17H16F2/c1-11-2-3-13-7-14(5-4-12(13)6-11)15-8-16(18)10-17(19)9-15/h4-5,7-11H,2-3,6H2,1H3. The van der Waals surface area contributed by atoms with E-state index >= 15 is 0 Å². The van der Waals surface area contributed by atoms with Gasteiger partial charge in [0.2, 0.25) is 0 Å².